The molecule has 0 spiro atoms. The Morgan fingerprint density at radius 1 is 0.786 bits per heavy atom. The van der Waals surface area contributed by atoms with Crippen molar-refractivity contribution in [3.05, 3.63) is 96.2 Å². The van der Waals surface area contributed by atoms with Gasteiger partial charge in [-0.15, -0.1) is 0 Å². The number of hydrogen-bond acceptors (Lipinski definition) is 3. The SMILES string of the molecule is O=C(C(c1ccccc1)c1ccccc1)N1CCN(c2cccc[n+]2O)CC1. The molecule has 0 bridgehead atoms. The third-order valence-electron chi connectivity index (χ3n) is 5.25. The topological polar surface area (TPSA) is 47.7 Å². The van der Waals surface area contributed by atoms with Gasteiger partial charge in [0.05, 0.1) is 19.0 Å². The van der Waals surface area contributed by atoms with Gasteiger partial charge in [-0.25, -0.2) is 0 Å². The maximum Gasteiger partial charge on any atom is 0.316 e. The van der Waals surface area contributed by atoms with Crippen molar-refractivity contribution in [1.82, 2.24) is 4.90 Å². The van der Waals surface area contributed by atoms with Crippen LogP contribution in [-0.2, 0) is 4.79 Å². The van der Waals surface area contributed by atoms with Crippen molar-refractivity contribution in [2.24, 2.45) is 0 Å². The molecule has 0 radical (unpaired) electrons. The molecular weight excluding hydrogens is 350 g/mol. The van der Waals surface area contributed by atoms with Crippen LogP contribution in [0.1, 0.15) is 17.0 Å². The van der Waals surface area contributed by atoms with Crippen molar-refractivity contribution < 1.29 is 14.7 Å². The second kappa shape index (κ2) is 8.13. The number of pyridine rings is 1. The average molecular weight is 374 g/mol. The lowest BCUT2D eigenvalue weighted by molar-refractivity contribution is -0.894. The Morgan fingerprint density at radius 2 is 1.32 bits per heavy atom. The van der Waals surface area contributed by atoms with Gasteiger partial charge >= 0.3 is 5.82 Å². The first-order valence-corrected chi connectivity index (χ1v) is 9.57. The summed E-state index contributed by atoms with van der Waals surface area (Å²) in [7, 11) is 0. The zero-order chi connectivity index (χ0) is 19.3. The highest BCUT2D eigenvalue weighted by atomic mass is 16.5. The van der Waals surface area contributed by atoms with Crippen molar-refractivity contribution in [2.45, 2.75) is 5.92 Å². The molecule has 1 aliphatic rings. The summed E-state index contributed by atoms with van der Waals surface area (Å²) in [6.45, 7) is 2.63. The monoisotopic (exact) mass is 374 g/mol. The number of carbonyl (C=O) groups is 1. The molecule has 5 heteroatoms. The minimum Gasteiger partial charge on any atom is -0.350 e. The van der Waals surface area contributed by atoms with E-state index < -0.39 is 0 Å². The molecule has 0 aliphatic carbocycles. The van der Waals surface area contributed by atoms with Crippen LogP contribution in [0.5, 0.6) is 0 Å². The second-order valence-corrected chi connectivity index (χ2v) is 6.97. The fourth-order valence-corrected chi connectivity index (χ4v) is 3.78. The summed E-state index contributed by atoms with van der Waals surface area (Å²) < 4.78 is 1.13. The summed E-state index contributed by atoms with van der Waals surface area (Å²) in [5.74, 6) is 0.577. The standard InChI is InChI=1S/C23H24N3O2/c27-23(22(19-9-3-1-4-10-19)20-11-5-2-6-12-20)25-17-15-24(16-18-25)21-13-7-8-14-26(21)28/h1-14,22,28H,15-18H2/q+1. The Balaban J connectivity index is 1.53. The smallest absolute Gasteiger partial charge is 0.316 e. The molecule has 0 unspecified atom stereocenters. The number of piperazine rings is 1. The first-order valence-electron chi connectivity index (χ1n) is 9.57. The normalized spacial score (nSPS) is 14.3. The molecule has 1 amide bonds. The van der Waals surface area contributed by atoms with E-state index in [2.05, 4.69) is 4.90 Å². The Hall–Kier alpha value is -3.34. The van der Waals surface area contributed by atoms with Gasteiger partial charge in [0.25, 0.3) is 0 Å². The van der Waals surface area contributed by atoms with E-state index in [9.17, 15) is 10.0 Å². The molecule has 2 heterocycles. The lowest BCUT2D eigenvalue weighted by Crippen LogP contribution is -2.53. The van der Waals surface area contributed by atoms with E-state index in [0.717, 1.165) is 21.7 Å². The van der Waals surface area contributed by atoms with Crippen LogP contribution in [0.25, 0.3) is 0 Å². The molecule has 142 valence electrons. The van der Waals surface area contributed by atoms with Crippen molar-refractivity contribution in [1.29, 1.82) is 0 Å². The number of anilines is 1. The largest absolute Gasteiger partial charge is 0.350 e. The Kier molecular flexibility index (Phi) is 5.24. The molecule has 1 aliphatic heterocycles. The van der Waals surface area contributed by atoms with Crippen molar-refractivity contribution in [3.8, 4) is 0 Å². The third kappa shape index (κ3) is 3.69. The lowest BCUT2D eigenvalue weighted by Gasteiger charge is -2.33. The van der Waals surface area contributed by atoms with Crippen LogP contribution in [0, 0.1) is 0 Å². The van der Waals surface area contributed by atoms with Gasteiger partial charge in [-0.3, -0.25) is 9.69 Å². The summed E-state index contributed by atoms with van der Waals surface area (Å²) in [6.07, 6.45) is 1.62. The number of amides is 1. The van der Waals surface area contributed by atoms with E-state index in [-0.39, 0.29) is 11.8 Å². The van der Waals surface area contributed by atoms with Gasteiger partial charge < -0.3 is 10.1 Å². The molecule has 3 aromatic rings. The fraction of sp³-hybridized carbons (Fsp3) is 0.217. The summed E-state index contributed by atoms with van der Waals surface area (Å²) in [4.78, 5) is 17.5. The molecule has 1 saturated heterocycles. The van der Waals surface area contributed by atoms with Gasteiger partial charge in [0.1, 0.15) is 19.3 Å². The van der Waals surface area contributed by atoms with Crippen LogP contribution in [0.4, 0.5) is 5.82 Å². The predicted molar refractivity (Wildman–Crippen MR) is 107 cm³/mol. The molecule has 28 heavy (non-hydrogen) atoms. The Labute approximate surface area is 165 Å². The van der Waals surface area contributed by atoms with Crippen molar-refractivity contribution in [2.75, 3.05) is 31.1 Å². The molecule has 5 nitrogen and oxygen atoms in total. The van der Waals surface area contributed by atoms with Crippen LogP contribution in [0.15, 0.2) is 85.1 Å². The molecule has 0 atom stereocenters. The average Bonchev–Trinajstić information content (AvgIpc) is 2.76. The quantitative estimate of drug-likeness (QED) is 0.564. The fourth-order valence-electron chi connectivity index (χ4n) is 3.78. The number of hydrogen-bond donors (Lipinski definition) is 1. The van der Waals surface area contributed by atoms with Gasteiger partial charge in [0.2, 0.25) is 5.91 Å². The van der Waals surface area contributed by atoms with E-state index >= 15 is 0 Å². The number of aromatic nitrogens is 1. The molecule has 4 rings (SSSR count). The maximum atomic E-state index is 13.5. The Morgan fingerprint density at radius 3 is 1.86 bits per heavy atom. The molecule has 2 aromatic carbocycles. The minimum absolute atomic E-state index is 0.127. The first kappa shape index (κ1) is 18.0. The highest BCUT2D eigenvalue weighted by molar-refractivity contribution is 5.87. The summed E-state index contributed by atoms with van der Waals surface area (Å²) in [5, 5.41) is 10.0. The first-order chi connectivity index (χ1) is 13.7. The van der Waals surface area contributed by atoms with E-state index in [1.165, 1.54) is 0 Å². The Bertz CT molecular complexity index is 883. The summed E-state index contributed by atoms with van der Waals surface area (Å²) in [5.41, 5.74) is 2.02. The highest BCUT2D eigenvalue weighted by Gasteiger charge is 2.32. The number of nitrogens with zero attached hydrogens (tertiary/aromatic N) is 3. The van der Waals surface area contributed by atoms with Crippen molar-refractivity contribution in [3.63, 3.8) is 0 Å². The summed E-state index contributed by atoms with van der Waals surface area (Å²) >= 11 is 0. The van der Waals surface area contributed by atoms with E-state index in [0.29, 0.717) is 26.2 Å². The van der Waals surface area contributed by atoms with Crippen LogP contribution < -0.4 is 9.63 Å². The van der Waals surface area contributed by atoms with E-state index in [4.69, 9.17) is 0 Å². The maximum absolute atomic E-state index is 13.5. The van der Waals surface area contributed by atoms with Crippen LogP contribution in [0.3, 0.4) is 0 Å². The van der Waals surface area contributed by atoms with E-state index in [1.54, 1.807) is 12.3 Å². The van der Waals surface area contributed by atoms with Crippen LogP contribution in [-0.4, -0.2) is 42.2 Å². The van der Waals surface area contributed by atoms with Crippen LogP contribution in [0.2, 0.25) is 0 Å². The lowest BCUT2D eigenvalue weighted by atomic mass is 9.90. The number of rotatable bonds is 4. The van der Waals surface area contributed by atoms with Gasteiger partial charge in [-0.1, -0.05) is 71.5 Å². The second-order valence-electron chi connectivity index (χ2n) is 6.97. The molecule has 1 aromatic heterocycles. The van der Waals surface area contributed by atoms with Gasteiger partial charge in [0, 0.05) is 6.07 Å². The molecule has 1 N–H and O–H groups in total. The molecule has 1 fully saturated rings. The zero-order valence-electron chi connectivity index (χ0n) is 15.7. The number of benzene rings is 2. The molecule has 0 saturated carbocycles. The minimum atomic E-state index is -0.298. The number of carbonyl (C=O) groups excluding carboxylic acids is 1. The van der Waals surface area contributed by atoms with Gasteiger partial charge in [0.15, 0.2) is 0 Å². The van der Waals surface area contributed by atoms with Gasteiger partial charge in [-0.05, 0) is 17.2 Å². The molecular formula is C23H24N3O2+. The predicted octanol–water partition coefficient (Wildman–Crippen LogP) is 2.69. The van der Waals surface area contributed by atoms with Crippen LogP contribution >= 0.6 is 0 Å². The summed E-state index contributed by atoms with van der Waals surface area (Å²) in [6, 6.07) is 25.5. The van der Waals surface area contributed by atoms with Gasteiger partial charge in [-0.2, -0.15) is 0 Å². The van der Waals surface area contributed by atoms with E-state index in [1.807, 2.05) is 77.7 Å². The van der Waals surface area contributed by atoms with Crippen molar-refractivity contribution >= 4 is 11.7 Å². The zero-order valence-corrected chi connectivity index (χ0v) is 15.7. The highest BCUT2D eigenvalue weighted by Crippen LogP contribution is 2.27. The third-order valence-corrected chi connectivity index (χ3v) is 5.25.